The summed E-state index contributed by atoms with van der Waals surface area (Å²) in [5, 5.41) is 9.84. The molecule has 0 aromatic rings. The molecule has 1 aliphatic carbocycles. The molecule has 0 aliphatic heterocycles. The first-order chi connectivity index (χ1) is 4.95. The van der Waals surface area contributed by atoms with E-state index in [9.17, 15) is 5.11 Å². The number of aliphatic hydroxyl groups is 1. The average Bonchev–Trinajstić information content (AvgIpc) is 2.09. The van der Waals surface area contributed by atoms with Crippen LogP contribution < -0.4 is 0 Å². The monoisotopic (exact) mass is 154 g/mol. The van der Waals surface area contributed by atoms with Crippen LogP contribution in [0.1, 0.15) is 33.6 Å². The Morgan fingerprint density at radius 2 is 2.18 bits per heavy atom. The van der Waals surface area contributed by atoms with E-state index in [0.717, 1.165) is 12.8 Å². The van der Waals surface area contributed by atoms with Crippen LogP contribution in [0, 0.1) is 11.8 Å². The predicted octanol–water partition coefficient (Wildman–Crippen LogP) is 2.36. The summed E-state index contributed by atoms with van der Waals surface area (Å²) in [4.78, 5) is 0. The third-order valence-electron chi connectivity index (χ3n) is 3.18. The quantitative estimate of drug-likeness (QED) is 0.575. The zero-order valence-electron chi connectivity index (χ0n) is 7.72. The molecule has 0 amide bonds. The van der Waals surface area contributed by atoms with Crippen LogP contribution in [0.15, 0.2) is 12.2 Å². The van der Waals surface area contributed by atoms with E-state index < -0.39 is 5.60 Å². The van der Waals surface area contributed by atoms with Gasteiger partial charge in [0.05, 0.1) is 5.60 Å². The van der Waals surface area contributed by atoms with E-state index >= 15 is 0 Å². The van der Waals surface area contributed by atoms with Gasteiger partial charge in [-0.25, -0.2) is 0 Å². The standard InChI is InChI=1S/C10H18O/c1-7(2)9-5-6-10(4,11)8(9)3/h8-9,11H,1,5-6H2,2-4H3/t8-,9-,10+/m1/s1. The van der Waals surface area contributed by atoms with Crippen molar-refractivity contribution in [1.29, 1.82) is 0 Å². The number of hydrogen-bond donors (Lipinski definition) is 1. The smallest absolute Gasteiger partial charge is 0.0651 e. The van der Waals surface area contributed by atoms with Crippen molar-refractivity contribution >= 4 is 0 Å². The van der Waals surface area contributed by atoms with Gasteiger partial charge >= 0.3 is 0 Å². The van der Waals surface area contributed by atoms with E-state index in [1.165, 1.54) is 5.57 Å². The maximum atomic E-state index is 9.84. The molecule has 11 heavy (non-hydrogen) atoms. The lowest BCUT2D eigenvalue weighted by molar-refractivity contribution is 0.0217. The van der Waals surface area contributed by atoms with E-state index in [1.54, 1.807) is 0 Å². The van der Waals surface area contributed by atoms with Gasteiger partial charge in [0, 0.05) is 0 Å². The summed E-state index contributed by atoms with van der Waals surface area (Å²) in [7, 11) is 0. The zero-order valence-corrected chi connectivity index (χ0v) is 7.72. The zero-order chi connectivity index (χ0) is 8.65. The molecule has 1 nitrogen and oxygen atoms in total. The summed E-state index contributed by atoms with van der Waals surface area (Å²) in [6, 6.07) is 0. The summed E-state index contributed by atoms with van der Waals surface area (Å²) >= 11 is 0. The molecular formula is C10H18O. The molecule has 0 aromatic carbocycles. The second-order valence-corrected chi connectivity index (χ2v) is 4.14. The van der Waals surface area contributed by atoms with Gasteiger partial charge in [0.1, 0.15) is 0 Å². The summed E-state index contributed by atoms with van der Waals surface area (Å²) in [6.45, 7) is 10.0. The summed E-state index contributed by atoms with van der Waals surface area (Å²) in [5.41, 5.74) is 0.763. The molecule has 0 saturated heterocycles. The van der Waals surface area contributed by atoms with E-state index in [-0.39, 0.29) is 0 Å². The predicted molar refractivity (Wildman–Crippen MR) is 47.3 cm³/mol. The highest BCUT2D eigenvalue weighted by Gasteiger charge is 2.40. The first kappa shape index (κ1) is 8.79. The van der Waals surface area contributed by atoms with Gasteiger partial charge in [0.25, 0.3) is 0 Å². The van der Waals surface area contributed by atoms with Gasteiger partial charge in [-0.05, 0) is 38.5 Å². The van der Waals surface area contributed by atoms with Gasteiger partial charge in [-0.3, -0.25) is 0 Å². The van der Waals surface area contributed by atoms with Crippen molar-refractivity contribution in [3.05, 3.63) is 12.2 Å². The number of hydrogen-bond acceptors (Lipinski definition) is 1. The third kappa shape index (κ3) is 1.48. The van der Waals surface area contributed by atoms with Gasteiger partial charge < -0.3 is 5.11 Å². The fraction of sp³-hybridized carbons (Fsp3) is 0.800. The highest BCUT2D eigenvalue weighted by Crippen LogP contribution is 2.42. The van der Waals surface area contributed by atoms with Gasteiger partial charge in [-0.2, -0.15) is 0 Å². The molecule has 1 saturated carbocycles. The molecular weight excluding hydrogens is 136 g/mol. The second-order valence-electron chi connectivity index (χ2n) is 4.14. The van der Waals surface area contributed by atoms with Gasteiger partial charge in [0.15, 0.2) is 0 Å². The highest BCUT2D eigenvalue weighted by molar-refractivity contribution is 5.06. The van der Waals surface area contributed by atoms with Crippen molar-refractivity contribution in [3.63, 3.8) is 0 Å². The minimum atomic E-state index is -0.455. The Morgan fingerprint density at radius 1 is 1.64 bits per heavy atom. The molecule has 3 atom stereocenters. The van der Waals surface area contributed by atoms with Crippen molar-refractivity contribution in [2.24, 2.45) is 11.8 Å². The van der Waals surface area contributed by atoms with Gasteiger partial charge in [0.2, 0.25) is 0 Å². The summed E-state index contributed by atoms with van der Waals surface area (Å²) in [5.74, 6) is 0.907. The number of allylic oxidation sites excluding steroid dienone is 1. The SMILES string of the molecule is C=C(C)[C@H]1CC[C@](C)(O)[C@@H]1C. The molecule has 1 aliphatic rings. The van der Waals surface area contributed by atoms with E-state index in [2.05, 4.69) is 20.4 Å². The molecule has 64 valence electrons. The van der Waals surface area contributed by atoms with Crippen molar-refractivity contribution in [1.82, 2.24) is 0 Å². The Balaban J connectivity index is 2.71. The van der Waals surface area contributed by atoms with Crippen LogP contribution in [-0.4, -0.2) is 10.7 Å². The Hall–Kier alpha value is -0.300. The van der Waals surface area contributed by atoms with Crippen LogP contribution >= 0.6 is 0 Å². The highest BCUT2D eigenvalue weighted by atomic mass is 16.3. The largest absolute Gasteiger partial charge is 0.390 e. The Kier molecular flexibility index (Phi) is 2.10. The Morgan fingerprint density at radius 3 is 2.36 bits per heavy atom. The van der Waals surface area contributed by atoms with Crippen molar-refractivity contribution < 1.29 is 5.11 Å². The number of rotatable bonds is 1. The van der Waals surface area contributed by atoms with Crippen LogP contribution in [0.5, 0.6) is 0 Å². The Bertz CT molecular complexity index is 170. The maximum absolute atomic E-state index is 9.84. The molecule has 0 aromatic heterocycles. The van der Waals surface area contributed by atoms with Crippen LogP contribution in [-0.2, 0) is 0 Å². The van der Waals surface area contributed by atoms with Gasteiger partial charge in [-0.1, -0.05) is 19.1 Å². The van der Waals surface area contributed by atoms with Gasteiger partial charge in [-0.15, -0.1) is 0 Å². The average molecular weight is 154 g/mol. The summed E-state index contributed by atoms with van der Waals surface area (Å²) < 4.78 is 0. The normalized spacial score (nSPS) is 44.4. The molecule has 0 radical (unpaired) electrons. The van der Waals surface area contributed by atoms with Crippen LogP contribution in [0.3, 0.4) is 0 Å². The first-order valence-corrected chi connectivity index (χ1v) is 4.33. The van der Waals surface area contributed by atoms with Crippen LogP contribution in [0.4, 0.5) is 0 Å². The molecule has 1 N–H and O–H groups in total. The topological polar surface area (TPSA) is 20.2 Å². The fourth-order valence-corrected chi connectivity index (χ4v) is 2.03. The molecule has 1 heteroatoms. The fourth-order valence-electron chi connectivity index (χ4n) is 2.03. The molecule has 0 unspecified atom stereocenters. The Labute approximate surface area is 69.1 Å². The first-order valence-electron chi connectivity index (χ1n) is 4.33. The third-order valence-corrected chi connectivity index (χ3v) is 3.18. The molecule has 1 fully saturated rings. The van der Waals surface area contributed by atoms with Crippen molar-refractivity contribution in [3.8, 4) is 0 Å². The van der Waals surface area contributed by atoms with E-state index in [1.807, 2.05) is 6.92 Å². The molecule has 0 bridgehead atoms. The second kappa shape index (κ2) is 2.63. The van der Waals surface area contributed by atoms with E-state index in [0.29, 0.717) is 11.8 Å². The molecule has 1 rings (SSSR count). The lowest BCUT2D eigenvalue weighted by Gasteiger charge is -2.25. The summed E-state index contributed by atoms with van der Waals surface area (Å²) in [6.07, 6.45) is 2.02. The maximum Gasteiger partial charge on any atom is 0.0651 e. The lowest BCUT2D eigenvalue weighted by Crippen LogP contribution is -2.29. The minimum Gasteiger partial charge on any atom is -0.390 e. The molecule has 0 heterocycles. The lowest BCUT2D eigenvalue weighted by atomic mass is 9.86. The van der Waals surface area contributed by atoms with Crippen molar-refractivity contribution in [2.45, 2.75) is 39.2 Å². The van der Waals surface area contributed by atoms with Crippen molar-refractivity contribution in [2.75, 3.05) is 0 Å². The van der Waals surface area contributed by atoms with E-state index in [4.69, 9.17) is 0 Å². The van der Waals surface area contributed by atoms with Crippen LogP contribution in [0.25, 0.3) is 0 Å². The van der Waals surface area contributed by atoms with Crippen LogP contribution in [0.2, 0.25) is 0 Å². The minimum absolute atomic E-state index is 0.375. The molecule has 0 spiro atoms.